The number of carbonyl (C=O) groups excluding carboxylic acids is 1. The lowest BCUT2D eigenvalue weighted by Gasteiger charge is -2.29. The molecule has 0 bridgehead atoms. The van der Waals surface area contributed by atoms with Crippen molar-refractivity contribution in [2.24, 2.45) is 0 Å². The highest BCUT2D eigenvalue weighted by molar-refractivity contribution is 5.92. The van der Waals surface area contributed by atoms with E-state index in [0.29, 0.717) is 18.8 Å². The van der Waals surface area contributed by atoms with E-state index < -0.39 is 0 Å². The lowest BCUT2D eigenvalue weighted by molar-refractivity contribution is 0.0666. The molecule has 1 aliphatic carbocycles. The second-order valence-corrected chi connectivity index (χ2v) is 6.53. The molecular weight excluding hydrogens is 314 g/mol. The number of nitrogens with zero attached hydrogens (tertiary/aromatic N) is 3. The summed E-state index contributed by atoms with van der Waals surface area (Å²) < 4.78 is 1.39. The number of benzene rings is 1. The van der Waals surface area contributed by atoms with Crippen LogP contribution >= 0.6 is 0 Å². The predicted octanol–water partition coefficient (Wildman–Crippen LogP) is 3.19. The zero-order chi connectivity index (χ0) is 17.8. The maximum absolute atomic E-state index is 13.1. The van der Waals surface area contributed by atoms with Crippen LogP contribution in [-0.2, 0) is 13.0 Å². The van der Waals surface area contributed by atoms with Crippen LogP contribution in [-0.4, -0.2) is 27.1 Å². The normalized spacial score (nSPS) is 15.8. The summed E-state index contributed by atoms with van der Waals surface area (Å²) in [5.41, 5.74) is 2.76. The molecule has 1 atom stereocenters. The molecule has 0 aliphatic heterocycles. The van der Waals surface area contributed by atoms with E-state index in [0.717, 1.165) is 25.7 Å². The molecule has 132 valence electrons. The maximum Gasteiger partial charge on any atom is 0.274 e. The van der Waals surface area contributed by atoms with Gasteiger partial charge in [0.2, 0.25) is 0 Å². The second-order valence-electron chi connectivity index (χ2n) is 6.53. The van der Waals surface area contributed by atoms with E-state index in [9.17, 15) is 9.59 Å². The van der Waals surface area contributed by atoms with E-state index in [-0.39, 0.29) is 17.5 Å². The molecule has 0 saturated heterocycles. The molecule has 3 rings (SSSR count). The van der Waals surface area contributed by atoms with Crippen molar-refractivity contribution < 1.29 is 4.79 Å². The number of rotatable bonds is 6. The summed E-state index contributed by atoms with van der Waals surface area (Å²) in [7, 11) is 0. The van der Waals surface area contributed by atoms with Crippen molar-refractivity contribution in [1.82, 2.24) is 14.7 Å². The third kappa shape index (κ3) is 3.50. The molecule has 5 nitrogen and oxygen atoms in total. The number of aryl methyl sites for hydroxylation is 2. The number of amides is 1. The Morgan fingerprint density at radius 1 is 1.20 bits per heavy atom. The summed E-state index contributed by atoms with van der Waals surface area (Å²) in [4.78, 5) is 26.9. The Morgan fingerprint density at radius 2 is 2.00 bits per heavy atom. The van der Waals surface area contributed by atoms with Crippen LogP contribution in [0.1, 0.15) is 60.8 Å². The summed E-state index contributed by atoms with van der Waals surface area (Å²) >= 11 is 0. The number of hydrogen-bond donors (Lipinski definition) is 0. The summed E-state index contributed by atoms with van der Waals surface area (Å²) in [6, 6.07) is 11.4. The average Bonchev–Trinajstić information content (AvgIpc) is 3.05. The van der Waals surface area contributed by atoms with Gasteiger partial charge in [-0.15, -0.1) is 0 Å². The lowest BCUT2D eigenvalue weighted by atomic mass is 10.1. The van der Waals surface area contributed by atoms with E-state index in [4.69, 9.17) is 0 Å². The molecule has 1 amide bonds. The van der Waals surface area contributed by atoms with Gasteiger partial charge in [-0.2, -0.15) is 5.10 Å². The van der Waals surface area contributed by atoms with Gasteiger partial charge in [-0.1, -0.05) is 38.1 Å². The molecule has 1 heterocycles. The van der Waals surface area contributed by atoms with Gasteiger partial charge in [0.15, 0.2) is 0 Å². The quantitative estimate of drug-likeness (QED) is 0.812. The summed E-state index contributed by atoms with van der Waals surface area (Å²) in [5, 5.41) is 4.31. The highest BCUT2D eigenvalue weighted by Gasteiger charge is 2.31. The first-order valence-corrected chi connectivity index (χ1v) is 9.12. The van der Waals surface area contributed by atoms with E-state index in [1.165, 1.54) is 21.9 Å². The topological polar surface area (TPSA) is 55.2 Å². The van der Waals surface area contributed by atoms with Crippen LogP contribution in [0.15, 0.2) is 41.2 Å². The van der Waals surface area contributed by atoms with Gasteiger partial charge in [-0.05, 0) is 42.9 Å². The van der Waals surface area contributed by atoms with Gasteiger partial charge < -0.3 is 4.90 Å². The number of fused-ring (bicyclic) bond motifs is 1. The first kappa shape index (κ1) is 17.4. The first-order valence-electron chi connectivity index (χ1n) is 9.12. The molecule has 5 heteroatoms. The average molecular weight is 339 g/mol. The van der Waals surface area contributed by atoms with Crippen LogP contribution < -0.4 is 5.56 Å². The summed E-state index contributed by atoms with van der Waals surface area (Å²) in [6.07, 6.45) is 3.63. The molecule has 0 saturated carbocycles. The fourth-order valence-electron chi connectivity index (χ4n) is 3.58. The Hall–Kier alpha value is -2.43. The maximum atomic E-state index is 13.1. The molecule has 1 aromatic heterocycles. The van der Waals surface area contributed by atoms with Crippen molar-refractivity contribution in [1.29, 1.82) is 0 Å². The fraction of sp³-hybridized carbons (Fsp3) is 0.450. The molecule has 0 fully saturated rings. The van der Waals surface area contributed by atoms with E-state index >= 15 is 0 Å². The highest BCUT2D eigenvalue weighted by Crippen LogP contribution is 2.36. The van der Waals surface area contributed by atoms with Gasteiger partial charge in [0.05, 0.1) is 6.04 Å². The molecule has 0 N–H and O–H groups in total. The summed E-state index contributed by atoms with van der Waals surface area (Å²) in [6.45, 7) is 5.28. The minimum atomic E-state index is -0.161. The van der Waals surface area contributed by atoms with Crippen LogP contribution in [0.5, 0.6) is 0 Å². The number of carbonyl (C=O) groups is 1. The van der Waals surface area contributed by atoms with Crippen molar-refractivity contribution in [3.63, 3.8) is 0 Å². The molecular formula is C20H25N3O2. The Morgan fingerprint density at radius 3 is 2.76 bits per heavy atom. The van der Waals surface area contributed by atoms with E-state index in [2.05, 4.69) is 30.2 Å². The highest BCUT2D eigenvalue weighted by atomic mass is 16.2. The monoisotopic (exact) mass is 339 g/mol. The standard InChI is InChI=1S/C20H25N3O2/c1-3-13-22(18-11-9-15-7-5-6-8-16(15)18)20(25)17-10-12-19(24)23(21-17)14-4-2/h5-8,10,12,18H,3-4,9,11,13-14H2,1-2H3/t18-/m1/s1. The first-order chi connectivity index (χ1) is 12.2. The molecule has 1 aliphatic rings. The van der Waals surface area contributed by atoms with Crippen LogP contribution in [0.3, 0.4) is 0 Å². The minimum Gasteiger partial charge on any atom is -0.330 e. The van der Waals surface area contributed by atoms with Crippen LogP contribution in [0, 0.1) is 0 Å². The van der Waals surface area contributed by atoms with Crippen LogP contribution in [0.4, 0.5) is 0 Å². The van der Waals surface area contributed by atoms with Gasteiger partial charge in [0.25, 0.3) is 11.5 Å². The predicted molar refractivity (Wildman–Crippen MR) is 97.6 cm³/mol. The molecule has 2 aromatic rings. The van der Waals surface area contributed by atoms with Crippen molar-refractivity contribution >= 4 is 5.91 Å². The zero-order valence-electron chi connectivity index (χ0n) is 14.9. The Balaban J connectivity index is 1.92. The Kier molecular flexibility index (Phi) is 5.31. The minimum absolute atomic E-state index is 0.0894. The second kappa shape index (κ2) is 7.64. The number of aromatic nitrogens is 2. The van der Waals surface area contributed by atoms with Crippen molar-refractivity contribution in [2.45, 2.75) is 52.1 Å². The Labute approximate surface area is 148 Å². The van der Waals surface area contributed by atoms with Gasteiger partial charge in [0, 0.05) is 19.2 Å². The molecule has 25 heavy (non-hydrogen) atoms. The van der Waals surface area contributed by atoms with Gasteiger partial charge in [0.1, 0.15) is 5.69 Å². The largest absolute Gasteiger partial charge is 0.330 e. The van der Waals surface area contributed by atoms with Crippen LogP contribution in [0.2, 0.25) is 0 Å². The lowest BCUT2D eigenvalue weighted by Crippen LogP contribution is -2.36. The fourth-order valence-corrected chi connectivity index (χ4v) is 3.58. The Bertz CT molecular complexity index is 813. The van der Waals surface area contributed by atoms with Crippen molar-refractivity contribution in [3.8, 4) is 0 Å². The van der Waals surface area contributed by atoms with Crippen molar-refractivity contribution in [3.05, 3.63) is 63.6 Å². The zero-order valence-corrected chi connectivity index (χ0v) is 14.9. The van der Waals surface area contributed by atoms with Gasteiger partial charge >= 0.3 is 0 Å². The van der Waals surface area contributed by atoms with E-state index in [1.54, 1.807) is 6.07 Å². The van der Waals surface area contributed by atoms with Crippen molar-refractivity contribution in [2.75, 3.05) is 6.54 Å². The summed E-state index contributed by atoms with van der Waals surface area (Å²) in [5.74, 6) is -0.0894. The molecule has 0 unspecified atom stereocenters. The number of hydrogen-bond acceptors (Lipinski definition) is 3. The smallest absolute Gasteiger partial charge is 0.274 e. The van der Waals surface area contributed by atoms with E-state index in [1.807, 2.05) is 17.9 Å². The van der Waals surface area contributed by atoms with Gasteiger partial charge in [-0.3, -0.25) is 9.59 Å². The molecule has 0 spiro atoms. The molecule has 0 radical (unpaired) electrons. The third-order valence-corrected chi connectivity index (χ3v) is 4.72. The van der Waals surface area contributed by atoms with Crippen LogP contribution in [0.25, 0.3) is 0 Å². The van der Waals surface area contributed by atoms with Gasteiger partial charge in [-0.25, -0.2) is 4.68 Å². The SMILES string of the molecule is CCCN(C(=O)c1ccc(=O)n(CCC)n1)[C@@H]1CCc2ccccc21. The third-order valence-electron chi connectivity index (χ3n) is 4.72. The molecule has 1 aromatic carbocycles.